The van der Waals surface area contributed by atoms with Crippen LogP contribution in [-0.4, -0.2) is 44.8 Å². The van der Waals surface area contributed by atoms with Gasteiger partial charge >= 0.3 is 0 Å². The Morgan fingerprint density at radius 2 is 1.70 bits per heavy atom. The average Bonchev–Trinajstić information content (AvgIpc) is 2.78. The normalized spacial score (nSPS) is 22.8. The van der Waals surface area contributed by atoms with Crippen molar-refractivity contribution in [1.82, 2.24) is 4.90 Å². The van der Waals surface area contributed by atoms with Gasteiger partial charge in [-0.15, -0.1) is 0 Å². The summed E-state index contributed by atoms with van der Waals surface area (Å²) in [6, 6.07) is 10.9. The Kier molecular flexibility index (Phi) is 5.18. The minimum Gasteiger partial charge on any atom is -0.338 e. The van der Waals surface area contributed by atoms with Crippen molar-refractivity contribution in [1.29, 1.82) is 0 Å². The lowest BCUT2D eigenvalue weighted by atomic mass is 9.91. The van der Waals surface area contributed by atoms with E-state index in [0.717, 1.165) is 6.42 Å². The molecule has 158 valence electrons. The molecule has 4 rings (SSSR count). The SMILES string of the molecule is CCN1C(=O)c2ccccc2S(=O)(=O)c2ccc(C(=O)N3CC(C)CC(C)C3)cc21. The zero-order chi connectivity index (χ0) is 21.6. The van der Waals surface area contributed by atoms with Gasteiger partial charge in [0.25, 0.3) is 11.8 Å². The van der Waals surface area contributed by atoms with E-state index in [-0.39, 0.29) is 32.9 Å². The smallest absolute Gasteiger partial charge is 0.259 e. The summed E-state index contributed by atoms with van der Waals surface area (Å²) in [5.41, 5.74) is 0.826. The van der Waals surface area contributed by atoms with Crippen molar-refractivity contribution >= 4 is 27.3 Å². The summed E-state index contributed by atoms with van der Waals surface area (Å²) in [7, 11) is -3.89. The number of piperidine rings is 1. The summed E-state index contributed by atoms with van der Waals surface area (Å²) >= 11 is 0. The standard InChI is InChI=1S/C23H26N2O4S/c1-4-25-19-12-17(22(26)24-13-15(2)11-16(3)14-24)9-10-21(19)30(28,29)20-8-6-5-7-18(20)23(25)27/h5-10,12,15-16H,4,11,13-14H2,1-3H3. The molecule has 0 aromatic heterocycles. The second-order valence-electron chi connectivity index (χ2n) is 8.39. The minimum absolute atomic E-state index is 0.00459. The van der Waals surface area contributed by atoms with Gasteiger partial charge in [-0.1, -0.05) is 26.0 Å². The third-order valence-electron chi connectivity index (χ3n) is 5.91. The Labute approximate surface area is 177 Å². The van der Waals surface area contributed by atoms with Gasteiger partial charge in [-0.25, -0.2) is 8.42 Å². The van der Waals surface area contributed by atoms with Crippen LogP contribution in [0.5, 0.6) is 0 Å². The number of hydrogen-bond donors (Lipinski definition) is 0. The molecule has 0 aliphatic carbocycles. The van der Waals surface area contributed by atoms with Crippen molar-refractivity contribution in [2.45, 2.75) is 37.0 Å². The lowest BCUT2D eigenvalue weighted by Crippen LogP contribution is -2.42. The van der Waals surface area contributed by atoms with Crippen LogP contribution in [0.4, 0.5) is 5.69 Å². The maximum atomic E-state index is 13.3. The molecule has 2 aromatic rings. The topological polar surface area (TPSA) is 74.8 Å². The van der Waals surface area contributed by atoms with Crippen molar-refractivity contribution in [3.05, 3.63) is 53.6 Å². The van der Waals surface area contributed by atoms with Gasteiger partial charge in [-0.3, -0.25) is 9.59 Å². The molecule has 2 aliphatic heterocycles. The third-order valence-corrected chi connectivity index (χ3v) is 7.77. The average molecular weight is 427 g/mol. The van der Waals surface area contributed by atoms with Gasteiger partial charge in [0, 0.05) is 25.2 Å². The molecule has 2 aromatic carbocycles. The number of nitrogens with zero attached hydrogens (tertiary/aromatic N) is 2. The zero-order valence-electron chi connectivity index (χ0n) is 17.5. The molecule has 7 heteroatoms. The van der Waals surface area contributed by atoms with Crippen molar-refractivity contribution in [3.63, 3.8) is 0 Å². The van der Waals surface area contributed by atoms with Gasteiger partial charge in [0.15, 0.2) is 0 Å². The zero-order valence-corrected chi connectivity index (χ0v) is 18.3. The Hall–Kier alpha value is -2.67. The van der Waals surface area contributed by atoms with Crippen molar-refractivity contribution in [2.75, 3.05) is 24.5 Å². The van der Waals surface area contributed by atoms with Crippen LogP contribution in [0.15, 0.2) is 52.3 Å². The fourth-order valence-corrected chi connectivity index (χ4v) is 6.30. The second kappa shape index (κ2) is 7.54. The van der Waals surface area contributed by atoms with E-state index in [2.05, 4.69) is 13.8 Å². The van der Waals surface area contributed by atoms with E-state index in [1.807, 2.05) is 4.90 Å². The van der Waals surface area contributed by atoms with Gasteiger partial charge in [-0.05, 0) is 55.5 Å². The van der Waals surface area contributed by atoms with Crippen LogP contribution in [0.3, 0.4) is 0 Å². The fraction of sp³-hybridized carbons (Fsp3) is 0.391. The maximum Gasteiger partial charge on any atom is 0.259 e. The molecule has 2 atom stereocenters. The lowest BCUT2D eigenvalue weighted by Gasteiger charge is -2.35. The van der Waals surface area contributed by atoms with Crippen LogP contribution in [0.2, 0.25) is 0 Å². The molecule has 0 radical (unpaired) electrons. The van der Waals surface area contributed by atoms with Gasteiger partial charge in [0.2, 0.25) is 9.84 Å². The molecule has 1 fully saturated rings. The van der Waals surface area contributed by atoms with E-state index < -0.39 is 9.84 Å². The van der Waals surface area contributed by atoms with Crippen molar-refractivity contribution in [2.24, 2.45) is 11.8 Å². The Morgan fingerprint density at radius 1 is 1.03 bits per heavy atom. The van der Waals surface area contributed by atoms with Gasteiger partial charge < -0.3 is 9.80 Å². The number of hydrogen-bond acceptors (Lipinski definition) is 4. The number of sulfone groups is 1. The number of carbonyl (C=O) groups is 2. The second-order valence-corrected chi connectivity index (χ2v) is 10.3. The van der Waals surface area contributed by atoms with Crippen molar-refractivity contribution < 1.29 is 18.0 Å². The van der Waals surface area contributed by atoms with Crippen LogP contribution in [-0.2, 0) is 9.84 Å². The molecule has 30 heavy (non-hydrogen) atoms. The molecule has 0 spiro atoms. The summed E-state index contributed by atoms with van der Waals surface area (Å²) in [6.07, 6.45) is 1.09. The highest BCUT2D eigenvalue weighted by molar-refractivity contribution is 7.91. The van der Waals surface area contributed by atoms with Crippen LogP contribution in [0.25, 0.3) is 0 Å². The molecule has 0 bridgehead atoms. The summed E-state index contributed by atoms with van der Waals surface area (Å²) < 4.78 is 26.6. The number of anilines is 1. The first-order valence-electron chi connectivity index (χ1n) is 10.3. The first-order valence-corrected chi connectivity index (χ1v) is 11.8. The van der Waals surface area contributed by atoms with Gasteiger partial charge in [-0.2, -0.15) is 0 Å². The quantitative estimate of drug-likeness (QED) is 0.735. The van der Waals surface area contributed by atoms with Gasteiger partial charge in [0.1, 0.15) is 0 Å². The maximum absolute atomic E-state index is 13.3. The molecule has 2 heterocycles. The Balaban J connectivity index is 1.83. The Bertz CT molecular complexity index is 1120. The van der Waals surface area contributed by atoms with Crippen molar-refractivity contribution in [3.8, 4) is 0 Å². The summed E-state index contributed by atoms with van der Waals surface area (Å²) in [4.78, 5) is 29.7. The molecule has 0 N–H and O–H groups in total. The molecule has 1 saturated heterocycles. The first-order chi connectivity index (χ1) is 14.2. The first kappa shape index (κ1) is 20.6. The summed E-state index contributed by atoms with van der Waals surface area (Å²) in [5, 5.41) is 0. The molecule has 2 aliphatic rings. The number of likely N-dealkylation sites (tertiary alicyclic amines) is 1. The number of carbonyl (C=O) groups excluding carboxylic acids is 2. The fourth-order valence-electron chi connectivity index (χ4n) is 4.66. The van der Waals surface area contributed by atoms with Crippen LogP contribution >= 0.6 is 0 Å². The monoisotopic (exact) mass is 426 g/mol. The van der Waals surface area contributed by atoms with E-state index in [4.69, 9.17) is 0 Å². The van der Waals surface area contributed by atoms with E-state index in [1.165, 1.54) is 23.1 Å². The lowest BCUT2D eigenvalue weighted by molar-refractivity contribution is 0.0623. The number of fused-ring (bicyclic) bond motifs is 2. The molecule has 2 amide bonds. The van der Waals surface area contributed by atoms with Crippen LogP contribution in [0.1, 0.15) is 47.9 Å². The highest BCUT2D eigenvalue weighted by Crippen LogP contribution is 2.37. The molecular formula is C23H26N2O4S. The predicted molar refractivity (Wildman–Crippen MR) is 115 cm³/mol. The molecule has 2 unspecified atom stereocenters. The van der Waals surface area contributed by atoms with E-state index in [1.54, 1.807) is 31.2 Å². The van der Waals surface area contributed by atoms with Crippen LogP contribution < -0.4 is 4.90 Å². The summed E-state index contributed by atoms with van der Waals surface area (Å²) in [5.74, 6) is 0.336. The minimum atomic E-state index is -3.89. The van der Waals surface area contributed by atoms with Gasteiger partial charge in [0.05, 0.1) is 21.0 Å². The summed E-state index contributed by atoms with van der Waals surface area (Å²) in [6.45, 7) is 7.72. The molecule has 6 nitrogen and oxygen atoms in total. The highest BCUT2D eigenvalue weighted by atomic mass is 32.2. The van der Waals surface area contributed by atoms with Crippen LogP contribution in [0, 0.1) is 11.8 Å². The van der Waals surface area contributed by atoms with E-state index in [0.29, 0.717) is 37.0 Å². The number of rotatable bonds is 2. The third kappa shape index (κ3) is 3.31. The predicted octanol–water partition coefficient (Wildman–Crippen LogP) is 3.62. The largest absolute Gasteiger partial charge is 0.338 e. The van der Waals surface area contributed by atoms with E-state index in [9.17, 15) is 18.0 Å². The highest BCUT2D eigenvalue weighted by Gasteiger charge is 2.36. The molecule has 0 saturated carbocycles. The Morgan fingerprint density at radius 3 is 2.37 bits per heavy atom. The number of benzene rings is 2. The molecular weight excluding hydrogens is 400 g/mol. The number of amides is 2. The van der Waals surface area contributed by atoms with E-state index >= 15 is 0 Å².